The molecule has 2 unspecified atom stereocenters. The second-order valence-corrected chi connectivity index (χ2v) is 7.32. The zero-order valence-corrected chi connectivity index (χ0v) is 14.3. The van der Waals surface area contributed by atoms with Crippen LogP contribution in [0, 0.1) is 6.92 Å². The first-order chi connectivity index (χ1) is 10.6. The number of aromatic hydroxyl groups is 1. The molecule has 2 heterocycles. The van der Waals surface area contributed by atoms with E-state index in [4.69, 9.17) is 0 Å². The zero-order valence-electron chi connectivity index (χ0n) is 13.5. The number of hydrogen-bond donors (Lipinski definition) is 1. The SMILES string of the molecule is Cc1ccc(O)c(C(CC2CCCCN2C)c2ccsc2)c1. The van der Waals surface area contributed by atoms with Gasteiger partial charge in [-0.25, -0.2) is 0 Å². The predicted octanol–water partition coefficient (Wildman–Crippen LogP) is 4.77. The van der Waals surface area contributed by atoms with E-state index in [0.717, 1.165) is 12.0 Å². The summed E-state index contributed by atoms with van der Waals surface area (Å²) in [5.41, 5.74) is 3.63. The lowest BCUT2D eigenvalue weighted by atomic mass is 9.83. The maximum absolute atomic E-state index is 10.4. The predicted molar refractivity (Wildman–Crippen MR) is 93.9 cm³/mol. The van der Waals surface area contributed by atoms with Crippen molar-refractivity contribution in [3.05, 3.63) is 51.7 Å². The van der Waals surface area contributed by atoms with E-state index in [2.05, 4.69) is 41.8 Å². The first-order valence-corrected chi connectivity index (χ1v) is 9.11. The molecule has 22 heavy (non-hydrogen) atoms. The van der Waals surface area contributed by atoms with Crippen molar-refractivity contribution in [2.24, 2.45) is 0 Å². The first kappa shape index (κ1) is 15.6. The number of thiophene rings is 1. The molecule has 1 fully saturated rings. The number of phenolic OH excluding ortho intramolecular Hbond substituents is 1. The van der Waals surface area contributed by atoms with Crippen molar-refractivity contribution in [2.45, 2.75) is 44.6 Å². The topological polar surface area (TPSA) is 23.5 Å². The summed E-state index contributed by atoms with van der Waals surface area (Å²) >= 11 is 1.74. The molecule has 2 nitrogen and oxygen atoms in total. The average Bonchev–Trinajstić information content (AvgIpc) is 3.03. The van der Waals surface area contributed by atoms with Gasteiger partial charge in [0.05, 0.1) is 0 Å². The first-order valence-electron chi connectivity index (χ1n) is 8.17. The molecule has 0 aliphatic carbocycles. The highest BCUT2D eigenvalue weighted by molar-refractivity contribution is 7.08. The fourth-order valence-corrected chi connectivity index (χ4v) is 4.30. The Hall–Kier alpha value is -1.32. The Morgan fingerprint density at radius 3 is 2.91 bits per heavy atom. The van der Waals surface area contributed by atoms with Crippen molar-refractivity contribution in [1.29, 1.82) is 0 Å². The summed E-state index contributed by atoms with van der Waals surface area (Å²) in [5.74, 6) is 0.719. The van der Waals surface area contributed by atoms with Gasteiger partial charge in [-0.2, -0.15) is 11.3 Å². The molecular weight excluding hydrogens is 290 g/mol. The smallest absolute Gasteiger partial charge is 0.119 e. The molecule has 0 saturated carbocycles. The van der Waals surface area contributed by atoms with Crippen LogP contribution in [0.3, 0.4) is 0 Å². The van der Waals surface area contributed by atoms with Gasteiger partial charge in [0.25, 0.3) is 0 Å². The van der Waals surface area contributed by atoms with E-state index in [1.165, 1.54) is 36.9 Å². The van der Waals surface area contributed by atoms with Gasteiger partial charge in [-0.05, 0) is 68.2 Å². The van der Waals surface area contributed by atoms with Crippen molar-refractivity contribution < 1.29 is 5.11 Å². The number of rotatable bonds is 4. The summed E-state index contributed by atoms with van der Waals surface area (Å²) in [6.45, 7) is 3.29. The fourth-order valence-electron chi connectivity index (χ4n) is 3.58. The molecule has 0 radical (unpaired) electrons. The number of likely N-dealkylation sites (tertiary alicyclic amines) is 1. The van der Waals surface area contributed by atoms with Crippen LogP contribution in [-0.2, 0) is 0 Å². The molecule has 0 spiro atoms. The van der Waals surface area contributed by atoms with E-state index in [0.29, 0.717) is 11.8 Å². The average molecular weight is 315 g/mol. The minimum absolute atomic E-state index is 0.289. The summed E-state index contributed by atoms with van der Waals surface area (Å²) in [6.07, 6.45) is 4.99. The molecule has 1 aromatic carbocycles. The lowest BCUT2D eigenvalue weighted by Gasteiger charge is -2.35. The number of piperidine rings is 1. The van der Waals surface area contributed by atoms with Crippen LogP contribution in [0.1, 0.15) is 48.3 Å². The van der Waals surface area contributed by atoms with Gasteiger partial charge in [-0.3, -0.25) is 0 Å². The van der Waals surface area contributed by atoms with Gasteiger partial charge in [0.15, 0.2) is 0 Å². The van der Waals surface area contributed by atoms with Gasteiger partial charge in [0.1, 0.15) is 5.75 Å². The molecule has 2 aromatic rings. The largest absolute Gasteiger partial charge is 0.508 e. The van der Waals surface area contributed by atoms with E-state index in [1.54, 1.807) is 11.3 Å². The monoisotopic (exact) mass is 315 g/mol. The summed E-state index contributed by atoms with van der Waals surface area (Å²) < 4.78 is 0. The molecule has 1 aliphatic heterocycles. The minimum Gasteiger partial charge on any atom is -0.508 e. The second-order valence-electron chi connectivity index (χ2n) is 6.54. The standard InChI is InChI=1S/C19H25NOS/c1-14-6-7-19(21)18(11-14)17(15-8-10-22-13-15)12-16-5-3-4-9-20(16)2/h6-8,10-11,13,16-17,21H,3-5,9,12H2,1-2H3. The molecule has 3 heteroatoms. The van der Waals surface area contributed by atoms with Crippen LogP contribution in [0.25, 0.3) is 0 Å². The number of hydrogen-bond acceptors (Lipinski definition) is 3. The lowest BCUT2D eigenvalue weighted by molar-refractivity contribution is 0.171. The van der Waals surface area contributed by atoms with Crippen LogP contribution in [0.2, 0.25) is 0 Å². The van der Waals surface area contributed by atoms with Gasteiger partial charge in [0.2, 0.25) is 0 Å². The van der Waals surface area contributed by atoms with Crippen LogP contribution in [-0.4, -0.2) is 29.6 Å². The quantitative estimate of drug-likeness (QED) is 0.878. The molecule has 0 amide bonds. The highest BCUT2D eigenvalue weighted by Gasteiger charge is 2.26. The van der Waals surface area contributed by atoms with E-state index < -0.39 is 0 Å². The molecule has 2 atom stereocenters. The van der Waals surface area contributed by atoms with Crippen molar-refractivity contribution in [3.8, 4) is 5.75 Å². The minimum atomic E-state index is 0.289. The van der Waals surface area contributed by atoms with Crippen LogP contribution < -0.4 is 0 Å². The summed E-state index contributed by atoms with van der Waals surface area (Å²) in [5, 5.41) is 14.8. The highest BCUT2D eigenvalue weighted by atomic mass is 32.1. The molecule has 1 aromatic heterocycles. The Morgan fingerprint density at radius 1 is 1.32 bits per heavy atom. The Kier molecular flexibility index (Phi) is 4.84. The summed E-state index contributed by atoms with van der Waals surface area (Å²) in [7, 11) is 2.24. The molecule has 3 rings (SSSR count). The Labute approximate surface area is 137 Å². The summed E-state index contributed by atoms with van der Waals surface area (Å²) in [6, 6.07) is 8.80. The molecule has 1 saturated heterocycles. The normalized spacial score (nSPS) is 20.9. The number of aryl methyl sites for hydroxylation is 1. The maximum atomic E-state index is 10.4. The van der Waals surface area contributed by atoms with E-state index in [-0.39, 0.29) is 5.92 Å². The van der Waals surface area contributed by atoms with Crippen LogP contribution in [0.5, 0.6) is 5.75 Å². The van der Waals surface area contributed by atoms with E-state index in [9.17, 15) is 5.11 Å². The molecular formula is C19H25NOS. The maximum Gasteiger partial charge on any atom is 0.119 e. The number of nitrogens with zero attached hydrogens (tertiary/aromatic N) is 1. The van der Waals surface area contributed by atoms with Crippen molar-refractivity contribution >= 4 is 11.3 Å². The summed E-state index contributed by atoms with van der Waals surface area (Å²) in [4.78, 5) is 2.50. The molecule has 1 aliphatic rings. The van der Waals surface area contributed by atoms with Crippen molar-refractivity contribution in [2.75, 3.05) is 13.6 Å². The number of phenols is 1. The van der Waals surface area contributed by atoms with Gasteiger partial charge in [0, 0.05) is 17.5 Å². The van der Waals surface area contributed by atoms with Gasteiger partial charge >= 0.3 is 0 Å². The third kappa shape index (κ3) is 3.36. The zero-order chi connectivity index (χ0) is 15.5. The second kappa shape index (κ2) is 6.84. The van der Waals surface area contributed by atoms with Crippen molar-refractivity contribution in [1.82, 2.24) is 4.90 Å². The van der Waals surface area contributed by atoms with Crippen LogP contribution >= 0.6 is 11.3 Å². The third-order valence-electron chi connectivity index (χ3n) is 4.93. The highest BCUT2D eigenvalue weighted by Crippen LogP contribution is 2.38. The molecule has 1 N–H and O–H groups in total. The third-order valence-corrected chi connectivity index (χ3v) is 5.63. The van der Waals surface area contributed by atoms with Gasteiger partial charge in [-0.1, -0.05) is 24.1 Å². The fraction of sp³-hybridized carbons (Fsp3) is 0.474. The van der Waals surface area contributed by atoms with Crippen LogP contribution in [0.4, 0.5) is 0 Å². The number of benzene rings is 1. The molecule has 0 bridgehead atoms. The van der Waals surface area contributed by atoms with Crippen molar-refractivity contribution in [3.63, 3.8) is 0 Å². The Bertz CT molecular complexity index is 608. The van der Waals surface area contributed by atoms with E-state index >= 15 is 0 Å². The molecule has 118 valence electrons. The van der Waals surface area contributed by atoms with Gasteiger partial charge < -0.3 is 10.0 Å². The Morgan fingerprint density at radius 2 is 2.18 bits per heavy atom. The lowest BCUT2D eigenvalue weighted by Crippen LogP contribution is -2.37. The Balaban J connectivity index is 1.92. The van der Waals surface area contributed by atoms with E-state index in [1.807, 2.05) is 12.1 Å². The van der Waals surface area contributed by atoms with Crippen LogP contribution in [0.15, 0.2) is 35.0 Å². The van der Waals surface area contributed by atoms with Gasteiger partial charge in [-0.15, -0.1) is 0 Å².